The van der Waals surface area contributed by atoms with Crippen molar-refractivity contribution in [3.05, 3.63) is 35.9 Å². The highest BCUT2D eigenvalue weighted by Gasteiger charge is 2.41. The molecule has 3 heteroatoms. The normalized spacial score (nSPS) is 16.1. The summed E-state index contributed by atoms with van der Waals surface area (Å²) in [7, 11) is 0. The molecule has 0 heterocycles. The molecule has 3 nitrogen and oxygen atoms in total. The van der Waals surface area contributed by atoms with Crippen LogP contribution in [0.2, 0.25) is 0 Å². The molecule has 0 saturated carbocycles. The van der Waals surface area contributed by atoms with Crippen LogP contribution >= 0.6 is 0 Å². The Labute approximate surface area is 109 Å². The van der Waals surface area contributed by atoms with Crippen LogP contribution in [0.5, 0.6) is 0 Å². The van der Waals surface area contributed by atoms with Gasteiger partial charge in [0.25, 0.3) is 0 Å². The number of hydrogen-bond donors (Lipinski definition) is 1. The van der Waals surface area contributed by atoms with Gasteiger partial charge in [-0.15, -0.1) is 0 Å². The van der Waals surface area contributed by atoms with Gasteiger partial charge in [-0.05, 0) is 25.3 Å². The first-order valence-electron chi connectivity index (χ1n) is 6.35. The number of ether oxygens (including phenoxy) is 1. The Morgan fingerprint density at radius 1 is 1.33 bits per heavy atom. The molecule has 0 fully saturated rings. The van der Waals surface area contributed by atoms with Crippen molar-refractivity contribution in [1.82, 2.24) is 0 Å². The number of hydrogen-bond acceptors (Lipinski definition) is 3. The molecule has 0 aromatic heterocycles. The van der Waals surface area contributed by atoms with Crippen LogP contribution in [-0.2, 0) is 15.1 Å². The van der Waals surface area contributed by atoms with E-state index in [9.17, 15) is 9.90 Å². The summed E-state index contributed by atoms with van der Waals surface area (Å²) in [6.45, 7) is 7.60. The monoisotopic (exact) mass is 250 g/mol. The summed E-state index contributed by atoms with van der Waals surface area (Å²) < 4.78 is 5.07. The van der Waals surface area contributed by atoms with Crippen LogP contribution < -0.4 is 0 Å². The first kappa shape index (κ1) is 14.7. The highest BCUT2D eigenvalue weighted by atomic mass is 16.5. The van der Waals surface area contributed by atoms with Gasteiger partial charge in [-0.3, -0.25) is 4.79 Å². The summed E-state index contributed by atoms with van der Waals surface area (Å²) >= 11 is 0. The fourth-order valence-electron chi connectivity index (χ4n) is 2.34. The van der Waals surface area contributed by atoms with E-state index in [0.717, 1.165) is 5.56 Å². The maximum absolute atomic E-state index is 12.0. The highest BCUT2D eigenvalue weighted by Crippen LogP contribution is 2.35. The third kappa shape index (κ3) is 3.10. The van der Waals surface area contributed by atoms with Gasteiger partial charge in [-0.25, -0.2) is 0 Å². The molecule has 0 saturated heterocycles. The molecule has 0 bridgehead atoms. The number of rotatable bonds is 5. The van der Waals surface area contributed by atoms with E-state index in [4.69, 9.17) is 4.74 Å². The van der Waals surface area contributed by atoms with Crippen LogP contribution in [0.25, 0.3) is 0 Å². The van der Waals surface area contributed by atoms with Crippen molar-refractivity contribution in [2.75, 3.05) is 6.61 Å². The van der Waals surface area contributed by atoms with Crippen molar-refractivity contribution in [2.45, 2.75) is 33.3 Å². The zero-order valence-electron chi connectivity index (χ0n) is 11.5. The molecular weight excluding hydrogens is 228 g/mol. The van der Waals surface area contributed by atoms with E-state index in [1.54, 1.807) is 13.8 Å². The van der Waals surface area contributed by atoms with Crippen molar-refractivity contribution < 1.29 is 14.6 Å². The molecule has 2 atom stereocenters. The lowest BCUT2D eigenvalue weighted by Crippen LogP contribution is -2.41. The Morgan fingerprint density at radius 2 is 1.89 bits per heavy atom. The van der Waals surface area contributed by atoms with E-state index >= 15 is 0 Å². The number of aliphatic hydroxyl groups is 1. The lowest BCUT2D eigenvalue weighted by molar-refractivity contribution is -0.161. The largest absolute Gasteiger partial charge is 0.466 e. The molecule has 0 aliphatic heterocycles. The van der Waals surface area contributed by atoms with Crippen LogP contribution in [0, 0.1) is 11.8 Å². The molecular formula is C15H22O3. The number of benzene rings is 1. The summed E-state index contributed by atoms with van der Waals surface area (Å²) in [5.41, 5.74) is -0.487. The summed E-state index contributed by atoms with van der Waals surface area (Å²) in [5, 5.41) is 10.7. The summed E-state index contributed by atoms with van der Waals surface area (Å²) in [5.74, 6) is -0.916. The van der Waals surface area contributed by atoms with E-state index in [0.29, 0.717) is 6.61 Å². The average molecular weight is 250 g/mol. The highest BCUT2D eigenvalue weighted by molar-refractivity contribution is 5.74. The van der Waals surface area contributed by atoms with Crippen LogP contribution in [0.4, 0.5) is 0 Å². The molecule has 0 aliphatic rings. The second kappa shape index (κ2) is 6.01. The Kier molecular flexibility index (Phi) is 4.91. The average Bonchev–Trinajstić information content (AvgIpc) is 2.29. The maximum Gasteiger partial charge on any atom is 0.312 e. The molecule has 1 N–H and O–H groups in total. The van der Waals surface area contributed by atoms with Gasteiger partial charge in [-0.1, -0.05) is 44.2 Å². The molecule has 100 valence electrons. The van der Waals surface area contributed by atoms with Gasteiger partial charge in [0, 0.05) is 0 Å². The molecule has 0 aliphatic carbocycles. The van der Waals surface area contributed by atoms with Crippen molar-refractivity contribution >= 4 is 5.97 Å². The van der Waals surface area contributed by atoms with Gasteiger partial charge in [0.1, 0.15) is 5.60 Å². The first-order valence-corrected chi connectivity index (χ1v) is 6.35. The van der Waals surface area contributed by atoms with Crippen molar-refractivity contribution in [3.63, 3.8) is 0 Å². The zero-order chi connectivity index (χ0) is 13.8. The standard InChI is InChI=1S/C15H22O3/c1-5-18-14(16)13(11(2)3)15(4,17)12-9-7-6-8-10-12/h6-11,13,17H,5H2,1-4H3/t13-,15-/m0/s1. The van der Waals surface area contributed by atoms with E-state index in [2.05, 4.69) is 0 Å². The molecule has 1 rings (SSSR count). The molecule has 0 amide bonds. The van der Waals surface area contributed by atoms with E-state index in [1.165, 1.54) is 0 Å². The van der Waals surface area contributed by atoms with Crippen LogP contribution in [-0.4, -0.2) is 17.7 Å². The van der Waals surface area contributed by atoms with Gasteiger partial charge in [0.05, 0.1) is 12.5 Å². The fourth-order valence-corrected chi connectivity index (χ4v) is 2.34. The molecule has 0 spiro atoms. The van der Waals surface area contributed by atoms with Gasteiger partial charge >= 0.3 is 5.97 Å². The lowest BCUT2D eigenvalue weighted by Gasteiger charge is -2.34. The second-order valence-electron chi connectivity index (χ2n) is 4.99. The maximum atomic E-state index is 12.0. The van der Waals surface area contributed by atoms with Crippen LogP contribution in [0.15, 0.2) is 30.3 Å². The fraction of sp³-hybridized carbons (Fsp3) is 0.533. The summed E-state index contributed by atoms with van der Waals surface area (Å²) in [6.07, 6.45) is 0. The Hall–Kier alpha value is -1.35. The molecule has 0 radical (unpaired) electrons. The van der Waals surface area contributed by atoms with E-state index < -0.39 is 11.5 Å². The number of carbonyl (C=O) groups is 1. The van der Waals surface area contributed by atoms with Crippen molar-refractivity contribution in [1.29, 1.82) is 0 Å². The minimum absolute atomic E-state index is 0.000689. The smallest absolute Gasteiger partial charge is 0.312 e. The van der Waals surface area contributed by atoms with Gasteiger partial charge in [0.15, 0.2) is 0 Å². The second-order valence-corrected chi connectivity index (χ2v) is 4.99. The molecule has 0 unspecified atom stereocenters. The third-order valence-electron chi connectivity index (χ3n) is 3.17. The third-order valence-corrected chi connectivity index (χ3v) is 3.17. The van der Waals surface area contributed by atoms with Gasteiger partial charge in [-0.2, -0.15) is 0 Å². The SMILES string of the molecule is CCOC(=O)[C@H](C(C)C)[C@@](C)(O)c1ccccc1. The van der Waals surface area contributed by atoms with Gasteiger partial charge in [0.2, 0.25) is 0 Å². The van der Waals surface area contributed by atoms with E-state index in [1.807, 2.05) is 44.2 Å². The topological polar surface area (TPSA) is 46.5 Å². The number of esters is 1. The molecule has 1 aromatic rings. The number of carbonyl (C=O) groups excluding carboxylic acids is 1. The molecule has 18 heavy (non-hydrogen) atoms. The van der Waals surface area contributed by atoms with Crippen molar-refractivity contribution in [2.24, 2.45) is 11.8 Å². The van der Waals surface area contributed by atoms with Crippen LogP contribution in [0.1, 0.15) is 33.3 Å². The minimum Gasteiger partial charge on any atom is -0.466 e. The van der Waals surface area contributed by atoms with E-state index in [-0.39, 0.29) is 11.9 Å². The molecule has 1 aromatic carbocycles. The van der Waals surface area contributed by atoms with Crippen molar-refractivity contribution in [3.8, 4) is 0 Å². The Morgan fingerprint density at radius 3 is 2.33 bits per heavy atom. The Bertz CT molecular complexity index is 382. The van der Waals surface area contributed by atoms with Gasteiger partial charge < -0.3 is 9.84 Å². The zero-order valence-corrected chi connectivity index (χ0v) is 11.5. The quantitative estimate of drug-likeness (QED) is 0.817. The Balaban J connectivity index is 3.08. The first-order chi connectivity index (χ1) is 8.41. The summed E-state index contributed by atoms with van der Waals surface area (Å²) in [6, 6.07) is 9.25. The minimum atomic E-state index is -1.22. The predicted molar refractivity (Wildman–Crippen MR) is 71.0 cm³/mol. The lowest BCUT2D eigenvalue weighted by atomic mass is 9.76. The predicted octanol–water partition coefficient (Wildman–Crippen LogP) is 2.73. The van der Waals surface area contributed by atoms with Crippen LogP contribution in [0.3, 0.4) is 0 Å². The summed E-state index contributed by atoms with van der Waals surface area (Å²) in [4.78, 5) is 12.0.